The third-order valence-electron chi connectivity index (χ3n) is 2.80. The molecule has 5 heteroatoms. The highest BCUT2D eigenvalue weighted by molar-refractivity contribution is 9.10. The standard InChI is InChI=1S/C12H15BrN4/c1-8(6-14)7-17(2)11-5-10(13)15-12(16-11)9-3-4-9/h5,8-9H,3-4,7H2,1-2H3. The molecule has 0 bridgehead atoms. The van der Waals surface area contributed by atoms with Gasteiger partial charge < -0.3 is 4.90 Å². The van der Waals surface area contributed by atoms with E-state index < -0.39 is 0 Å². The fraction of sp³-hybridized carbons (Fsp3) is 0.583. The predicted molar refractivity (Wildman–Crippen MR) is 69.8 cm³/mol. The van der Waals surface area contributed by atoms with Crippen LogP contribution >= 0.6 is 15.9 Å². The van der Waals surface area contributed by atoms with Crippen LogP contribution in [0.2, 0.25) is 0 Å². The highest BCUT2D eigenvalue weighted by Gasteiger charge is 2.27. The van der Waals surface area contributed by atoms with E-state index in [2.05, 4.69) is 32.0 Å². The molecule has 90 valence electrons. The SMILES string of the molecule is CC(C#N)CN(C)c1cc(Br)nc(C2CC2)n1. The van der Waals surface area contributed by atoms with E-state index in [0.717, 1.165) is 16.2 Å². The number of halogens is 1. The average molecular weight is 295 g/mol. The maximum absolute atomic E-state index is 8.82. The summed E-state index contributed by atoms with van der Waals surface area (Å²) >= 11 is 3.42. The number of hydrogen-bond donors (Lipinski definition) is 0. The first-order valence-electron chi connectivity index (χ1n) is 5.75. The normalized spacial score (nSPS) is 16.4. The van der Waals surface area contributed by atoms with Gasteiger partial charge in [-0.1, -0.05) is 0 Å². The molecule has 0 saturated heterocycles. The number of anilines is 1. The van der Waals surface area contributed by atoms with Gasteiger partial charge in [-0.2, -0.15) is 5.26 Å². The minimum Gasteiger partial charge on any atom is -0.358 e. The third kappa shape index (κ3) is 3.16. The monoisotopic (exact) mass is 294 g/mol. The Morgan fingerprint density at radius 1 is 1.59 bits per heavy atom. The summed E-state index contributed by atoms with van der Waals surface area (Å²) in [4.78, 5) is 11.0. The topological polar surface area (TPSA) is 52.8 Å². The molecule has 0 radical (unpaired) electrons. The first kappa shape index (κ1) is 12.3. The zero-order chi connectivity index (χ0) is 12.4. The summed E-state index contributed by atoms with van der Waals surface area (Å²) in [5, 5.41) is 8.82. The van der Waals surface area contributed by atoms with Crippen molar-refractivity contribution in [1.29, 1.82) is 5.26 Å². The largest absolute Gasteiger partial charge is 0.358 e. The van der Waals surface area contributed by atoms with Crippen molar-refractivity contribution in [3.05, 3.63) is 16.5 Å². The van der Waals surface area contributed by atoms with E-state index in [1.54, 1.807) is 0 Å². The Balaban J connectivity index is 2.16. The Morgan fingerprint density at radius 2 is 2.29 bits per heavy atom. The molecule has 0 amide bonds. The number of nitriles is 1. The molecule has 2 rings (SSSR count). The zero-order valence-corrected chi connectivity index (χ0v) is 11.6. The van der Waals surface area contributed by atoms with Crippen molar-refractivity contribution in [2.45, 2.75) is 25.7 Å². The van der Waals surface area contributed by atoms with Crippen LogP contribution in [0.1, 0.15) is 31.5 Å². The van der Waals surface area contributed by atoms with Gasteiger partial charge >= 0.3 is 0 Å². The van der Waals surface area contributed by atoms with E-state index >= 15 is 0 Å². The van der Waals surface area contributed by atoms with Crippen molar-refractivity contribution in [2.24, 2.45) is 5.92 Å². The molecule has 4 nitrogen and oxygen atoms in total. The van der Waals surface area contributed by atoms with E-state index in [1.165, 1.54) is 12.8 Å². The Bertz CT molecular complexity index is 450. The summed E-state index contributed by atoms with van der Waals surface area (Å²) in [5.74, 6) is 2.34. The molecule has 1 saturated carbocycles. The van der Waals surface area contributed by atoms with Gasteiger partial charge in [-0.05, 0) is 35.7 Å². The molecule has 0 aliphatic heterocycles. The maximum atomic E-state index is 8.82. The lowest BCUT2D eigenvalue weighted by Gasteiger charge is -2.19. The molecule has 1 unspecified atom stereocenters. The lowest BCUT2D eigenvalue weighted by Crippen LogP contribution is -2.24. The second kappa shape index (κ2) is 5.01. The number of rotatable bonds is 4. The minimum atomic E-state index is -0.00174. The fourth-order valence-corrected chi connectivity index (χ4v) is 2.07. The van der Waals surface area contributed by atoms with E-state index in [1.807, 2.05) is 24.9 Å². The van der Waals surface area contributed by atoms with Crippen molar-refractivity contribution in [1.82, 2.24) is 9.97 Å². The summed E-state index contributed by atoms with van der Waals surface area (Å²) in [6.07, 6.45) is 2.38. The molecule has 1 aromatic rings. The quantitative estimate of drug-likeness (QED) is 0.801. The zero-order valence-electron chi connectivity index (χ0n) is 10.0. The van der Waals surface area contributed by atoms with Gasteiger partial charge in [0.2, 0.25) is 0 Å². The van der Waals surface area contributed by atoms with Crippen LogP contribution in [0.15, 0.2) is 10.7 Å². The molecule has 0 N–H and O–H groups in total. The first-order valence-corrected chi connectivity index (χ1v) is 6.54. The molecular formula is C12H15BrN4. The van der Waals surface area contributed by atoms with E-state index in [9.17, 15) is 0 Å². The maximum Gasteiger partial charge on any atom is 0.135 e. The van der Waals surface area contributed by atoms with Crippen LogP contribution in [0.3, 0.4) is 0 Å². The van der Waals surface area contributed by atoms with Crippen LogP contribution in [0.5, 0.6) is 0 Å². The van der Waals surface area contributed by atoms with Gasteiger partial charge in [0.05, 0.1) is 12.0 Å². The highest BCUT2D eigenvalue weighted by atomic mass is 79.9. The van der Waals surface area contributed by atoms with Crippen LogP contribution in [-0.2, 0) is 0 Å². The van der Waals surface area contributed by atoms with Gasteiger partial charge in [-0.25, -0.2) is 9.97 Å². The van der Waals surface area contributed by atoms with Gasteiger partial charge in [0.1, 0.15) is 16.2 Å². The second-order valence-electron chi connectivity index (χ2n) is 4.59. The van der Waals surface area contributed by atoms with E-state index in [4.69, 9.17) is 5.26 Å². The summed E-state index contributed by atoms with van der Waals surface area (Å²) in [6.45, 7) is 2.60. The molecule has 1 atom stereocenters. The van der Waals surface area contributed by atoms with Crippen molar-refractivity contribution >= 4 is 21.7 Å². The van der Waals surface area contributed by atoms with Crippen LogP contribution < -0.4 is 4.90 Å². The Hall–Kier alpha value is -1.15. The summed E-state index contributed by atoms with van der Waals surface area (Å²) < 4.78 is 0.820. The lowest BCUT2D eigenvalue weighted by molar-refractivity contribution is 0.705. The molecule has 1 fully saturated rings. The van der Waals surface area contributed by atoms with Crippen LogP contribution in [0.25, 0.3) is 0 Å². The summed E-state index contributed by atoms with van der Waals surface area (Å²) in [6, 6.07) is 4.13. The summed E-state index contributed by atoms with van der Waals surface area (Å²) in [5.41, 5.74) is 0. The van der Waals surface area contributed by atoms with Crippen molar-refractivity contribution in [3.8, 4) is 6.07 Å². The molecule has 1 aliphatic rings. The van der Waals surface area contributed by atoms with Crippen molar-refractivity contribution in [3.63, 3.8) is 0 Å². The number of hydrogen-bond acceptors (Lipinski definition) is 4. The fourth-order valence-electron chi connectivity index (χ4n) is 1.69. The second-order valence-corrected chi connectivity index (χ2v) is 5.40. The molecule has 0 spiro atoms. The van der Waals surface area contributed by atoms with Crippen molar-refractivity contribution < 1.29 is 0 Å². The van der Waals surface area contributed by atoms with Crippen molar-refractivity contribution in [2.75, 3.05) is 18.5 Å². The lowest BCUT2D eigenvalue weighted by atomic mass is 10.2. The minimum absolute atomic E-state index is 0.00174. The molecule has 1 aliphatic carbocycles. The Labute approximate surface area is 110 Å². The van der Waals surface area contributed by atoms with Gasteiger partial charge in [0, 0.05) is 25.6 Å². The number of aromatic nitrogens is 2. The van der Waals surface area contributed by atoms with Crippen LogP contribution in [-0.4, -0.2) is 23.6 Å². The molecular weight excluding hydrogens is 280 g/mol. The van der Waals surface area contributed by atoms with E-state index in [-0.39, 0.29) is 5.92 Å². The predicted octanol–water partition coefficient (Wildman–Crippen LogP) is 2.71. The molecule has 1 aromatic heterocycles. The van der Waals surface area contributed by atoms with Gasteiger partial charge in [0.15, 0.2) is 0 Å². The first-order chi connectivity index (χ1) is 8.10. The summed E-state index contributed by atoms with van der Waals surface area (Å²) in [7, 11) is 1.96. The van der Waals surface area contributed by atoms with Gasteiger partial charge in [-0.15, -0.1) is 0 Å². The average Bonchev–Trinajstić information content (AvgIpc) is 3.11. The van der Waals surface area contributed by atoms with E-state index in [0.29, 0.717) is 12.5 Å². The smallest absolute Gasteiger partial charge is 0.135 e. The van der Waals surface area contributed by atoms with Gasteiger partial charge in [-0.3, -0.25) is 0 Å². The third-order valence-corrected chi connectivity index (χ3v) is 3.21. The highest BCUT2D eigenvalue weighted by Crippen LogP contribution is 2.39. The Kier molecular flexibility index (Phi) is 3.63. The van der Waals surface area contributed by atoms with Gasteiger partial charge in [0.25, 0.3) is 0 Å². The molecule has 0 aromatic carbocycles. The van der Waals surface area contributed by atoms with Crippen LogP contribution in [0, 0.1) is 17.2 Å². The van der Waals surface area contributed by atoms with Crippen LogP contribution in [0.4, 0.5) is 5.82 Å². The Morgan fingerprint density at radius 3 is 2.88 bits per heavy atom. The molecule has 17 heavy (non-hydrogen) atoms. The number of nitrogens with zero attached hydrogens (tertiary/aromatic N) is 4. The molecule has 1 heterocycles.